The fourth-order valence-electron chi connectivity index (χ4n) is 3.24. The first kappa shape index (κ1) is 14.5. The van der Waals surface area contributed by atoms with Gasteiger partial charge in [0.15, 0.2) is 0 Å². The van der Waals surface area contributed by atoms with Crippen LogP contribution in [0.25, 0.3) is 0 Å². The molecule has 0 amide bonds. The van der Waals surface area contributed by atoms with Crippen LogP contribution in [0.5, 0.6) is 0 Å². The molecule has 0 aromatic heterocycles. The number of hydrogen-bond donors (Lipinski definition) is 2. The van der Waals surface area contributed by atoms with Gasteiger partial charge < -0.3 is 11.1 Å². The molecule has 0 heterocycles. The van der Waals surface area contributed by atoms with Crippen LogP contribution in [0.4, 0.5) is 0 Å². The van der Waals surface area contributed by atoms with E-state index in [4.69, 9.17) is 5.73 Å². The third kappa shape index (κ3) is 4.05. The lowest BCUT2D eigenvalue weighted by atomic mass is 9.83. The van der Waals surface area contributed by atoms with Crippen molar-refractivity contribution in [3.63, 3.8) is 0 Å². The maximum absolute atomic E-state index is 5.60. The van der Waals surface area contributed by atoms with Crippen LogP contribution >= 0.6 is 0 Å². The van der Waals surface area contributed by atoms with Crippen LogP contribution in [-0.4, -0.2) is 13.6 Å². The standard InChI is InChI=1S/C17H28N2/c1-19-17(8-5-13-18)16-11-9-15(10-12-16)14-6-3-2-4-7-14/h9-12,14,17,19H,2-8,13,18H2,1H3. The minimum absolute atomic E-state index is 0.448. The highest BCUT2D eigenvalue weighted by Gasteiger charge is 2.16. The third-order valence-corrected chi connectivity index (χ3v) is 4.46. The predicted molar refractivity (Wildman–Crippen MR) is 82.4 cm³/mol. The molecule has 2 heteroatoms. The van der Waals surface area contributed by atoms with Gasteiger partial charge in [0.1, 0.15) is 0 Å². The van der Waals surface area contributed by atoms with E-state index < -0.39 is 0 Å². The summed E-state index contributed by atoms with van der Waals surface area (Å²) in [5.41, 5.74) is 8.54. The van der Waals surface area contributed by atoms with Gasteiger partial charge in [0.25, 0.3) is 0 Å². The number of hydrogen-bond acceptors (Lipinski definition) is 2. The molecule has 1 aromatic rings. The monoisotopic (exact) mass is 260 g/mol. The SMILES string of the molecule is CNC(CCCN)c1ccc(C2CCCCC2)cc1. The second kappa shape index (κ2) is 7.66. The van der Waals surface area contributed by atoms with Crippen LogP contribution in [0.15, 0.2) is 24.3 Å². The van der Waals surface area contributed by atoms with Gasteiger partial charge in [-0.2, -0.15) is 0 Å². The molecule has 0 radical (unpaired) electrons. The number of rotatable bonds is 6. The molecule has 106 valence electrons. The minimum atomic E-state index is 0.448. The molecule has 1 aliphatic carbocycles. The zero-order valence-electron chi connectivity index (χ0n) is 12.2. The molecule has 1 unspecified atom stereocenters. The summed E-state index contributed by atoms with van der Waals surface area (Å²) >= 11 is 0. The molecule has 0 spiro atoms. The van der Waals surface area contributed by atoms with E-state index in [0.717, 1.165) is 25.3 Å². The van der Waals surface area contributed by atoms with E-state index in [2.05, 4.69) is 29.6 Å². The summed E-state index contributed by atoms with van der Waals surface area (Å²) in [5, 5.41) is 3.40. The highest BCUT2D eigenvalue weighted by Crippen LogP contribution is 2.33. The van der Waals surface area contributed by atoms with Gasteiger partial charge in [-0.25, -0.2) is 0 Å². The van der Waals surface area contributed by atoms with Gasteiger partial charge >= 0.3 is 0 Å². The quantitative estimate of drug-likeness (QED) is 0.818. The van der Waals surface area contributed by atoms with Gasteiger partial charge in [0.2, 0.25) is 0 Å². The van der Waals surface area contributed by atoms with E-state index in [1.165, 1.54) is 43.2 Å². The Balaban J connectivity index is 1.99. The van der Waals surface area contributed by atoms with E-state index in [1.807, 2.05) is 7.05 Å². The topological polar surface area (TPSA) is 38.0 Å². The van der Waals surface area contributed by atoms with Gasteiger partial charge in [-0.05, 0) is 56.3 Å². The fraction of sp³-hybridized carbons (Fsp3) is 0.647. The van der Waals surface area contributed by atoms with Gasteiger partial charge in [0.05, 0.1) is 0 Å². The van der Waals surface area contributed by atoms with Crippen LogP contribution < -0.4 is 11.1 Å². The molecule has 2 nitrogen and oxygen atoms in total. The maximum atomic E-state index is 5.60. The van der Waals surface area contributed by atoms with E-state index in [-0.39, 0.29) is 0 Å². The second-order valence-electron chi connectivity index (χ2n) is 5.77. The van der Waals surface area contributed by atoms with Crippen molar-refractivity contribution in [3.05, 3.63) is 35.4 Å². The van der Waals surface area contributed by atoms with Gasteiger partial charge in [-0.15, -0.1) is 0 Å². The first-order valence-electron chi connectivity index (χ1n) is 7.82. The molecule has 3 N–H and O–H groups in total. The zero-order valence-corrected chi connectivity index (χ0v) is 12.2. The van der Waals surface area contributed by atoms with E-state index in [0.29, 0.717) is 6.04 Å². The van der Waals surface area contributed by atoms with Crippen molar-refractivity contribution < 1.29 is 0 Å². The summed E-state index contributed by atoms with van der Waals surface area (Å²) in [7, 11) is 2.04. The predicted octanol–water partition coefficient (Wildman–Crippen LogP) is 3.73. The molecule has 1 aromatic carbocycles. The summed E-state index contributed by atoms with van der Waals surface area (Å²) in [5.74, 6) is 0.805. The second-order valence-corrected chi connectivity index (χ2v) is 5.77. The molecular formula is C17H28N2. The largest absolute Gasteiger partial charge is 0.330 e. The molecule has 1 aliphatic rings. The van der Waals surface area contributed by atoms with E-state index in [1.54, 1.807) is 0 Å². The Morgan fingerprint density at radius 3 is 2.42 bits per heavy atom. The van der Waals surface area contributed by atoms with Crippen molar-refractivity contribution >= 4 is 0 Å². The Labute approximate surface area is 117 Å². The average molecular weight is 260 g/mol. The smallest absolute Gasteiger partial charge is 0.0317 e. The molecule has 0 aliphatic heterocycles. The number of nitrogens with two attached hydrogens (primary N) is 1. The lowest BCUT2D eigenvalue weighted by Crippen LogP contribution is -2.17. The Bertz CT molecular complexity index is 352. The van der Waals surface area contributed by atoms with E-state index in [9.17, 15) is 0 Å². The molecular weight excluding hydrogens is 232 g/mol. The molecule has 1 atom stereocenters. The fourth-order valence-corrected chi connectivity index (χ4v) is 3.24. The number of nitrogens with one attached hydrogen (secondary N) is 1. The lowest BCUT2D eigenvalue weighted by molar-refractivity contribution is 0.443. The van der Waals surface area contributed by atoms with Crippen LogP contribution in [0.2, 0.25) is 0 Å². The summed E-state index contributed by atoms with van der Waals surface area (Å²) in [6.45, 7) is 0.776. The summed E-state index contributed by atoms with van der Waals surface area (Å²) < 4.78 is 0. The number of benzene rings is 1. The molecule has 19 heavy (non-hydrogen) atoms. The van der Waals surface area contributed by atoms with Crippen LogP contribution in [0.1, 0.15) is 68.0 Å². The molecule has 0 bridgehead atoms. The first-order chi connectivity index (χ1) is 9.35. The van der Waals surface area contributed by atoms with Crippen molar-refractivity contribution in [2.24, 2.45) is 5.73 Å². The highest BCUT2D eigenvalue weighted by atomic mass is 14.9. The minimum Gasteiger partial charge on any atom is -0.330 e. The Morgan fingerprint density at radius 1 is 1.16 bits per heavy atom. The van der Waals surface area contributed by atoms with Crippen molar-refractivity contribution in [2.45, 2.75) is 56.9 Å². The Hall–Kier alpha value is -0.860. The van der Waals surface area contributed by atoms with Crippen molar-refractivity contribution in [2.75, 3.05) is 13.6 Å². The molecule has 0 saturated heterocycles. The molecule has 1 saturated carbocycles. The van der Waals surface area contributed by atoms with E-state index >= 15 is 0 Å². The van der Waals surface area contributed by atoms with Gasteiger partial charge in [-0.1, -0.05) is 43.5 Å². The van der Waals surface area contributed by atoms with Crippen molar-refractivity contribution in [1.82, 2.24) is 5.32 Å². The summed E-state index contributed by atoms with van der Waals surface area (Å²) in [4.78, 5) is 0. The summed E-state index contributed by atoms with van der Waals surface area (Å²) in [6, 6.07) is 9.75. The van der Waals surface area contributed by atoms with Crippen LogP contribution in [0.3, 0.4) is 0 Å². The highest BCUT2D eigenvalue weighted by molar-refractivity contribution is 5.27. The Morgan fingerprint density at radius 2 is 1.84 bits per heavy atom. The van der Waals surface area contributed by atoms with Crippen LogP contribution in [-0.2, 0) is 0 Å². The first-order valence-corrected chi connectivity index (χ1v) is 7.82. The van der Waals surface area contributed by atoms with Crippen LogP contribution in [0, 0.1) is 0 Å². The molecule has 2 rings (SSSR count). The molecule has 1 fully saturated rings. The van der Waals surface area contributed by atoms with Gasteiger partial charge in [0, 0.05) is 6.04 Å². The maximum Gasteiger partial charge on any atom is 0.0317 e. The third-order valence-electron chi connectivity index (χ3n) is 4.46. The average Bonchev–Trinajstić information content (AvgIpc) is 2.49. The van der Waals surface area contributed by atoms with Gasteiger partial charge in [-0.3, -0.25) is 0 Å². The van der Waals surface area contributed by atoms with Crippen molar-refractivity contribution in [1.29, 1.82) is 0 Å². The van der Waals surface area contributed by atoms with Crippen molar-refractivity contribution in [3.8, 4) is 0 Å². The lowest BCUT2D eigenvalue weighted by Gasteiger charge is -2.23. The Kier molecular flexibility index (Phi) is 5.87. The summed E-state index contributed by atoms with van der Waals surface area (Å²) in [6.07, 6.45) is 9.19. The zero-order chi connectivity index (χ0) is 13.5. The normalized spacial score (nSPS) is 18.4.